The largest absolute Gasteiger partial charge is 0.462 e. The van der Waals surface area contributed by atoms with Gasteiger partial charge >= 0.3 is 11.9 Å². The van der Waals surface area contributed by atoms with Gasteiger partial charge in [-0.15, -0.1) is 22.7 Å². The van der Waals surface area contributed by atoms with Crippen LogP contribution in [0.2, 0.25) is 0 Å². The fourth-order valence-electron chi connectivity index (χ4n) is 6.48. The first-order valence-electron chi connectivity index (χ1n) is 20.4. The van der Waals surface area contributed by atoms with Crippen molar-refractivity contribution in [2.45, 2.75) is 168 Å². The molecule has 0 radical (unpaired) electrons. The number of carbonyl (C=O) groups excluding carboxylic acids is 2. The Morgan fingerprint density at radius 2 is 0.788 bits per heavy atom. The maximum atomic E-state index is 13.0. The van der Waals surface area contributed by atoms with Crippen LogP contribution in [-0.2, 0) is 9.47 Å². The summed E-state index contributed by atoms with van der Waals surface area (Å²) in [5, 5.41) is 5.40. The number of carbonyl (C=O) groups is 2. The molecule has 0 fully saturated rings. The molecule has 4 aromatic rings. The average molecular weight is 787 g/mol. The zero-order chi connectivity index (χ0) is 36.6. The molecule has 10 heteroatoms. The van der Waals surface area contributed by atoms with Gasteiger partial charge in [-0.05, 0) is 35.7 Å². The van der Waals surface area contributed by atoms with E-state index in [9.17, 15) is 9.59 Å². The average Bonchev–Trinajstić information content (AvgIpc) is 3.96. The van der Waals surface area contributed by atoms with Crippen LogP contribution in [0.1, 0.15) is 189 Å². The summed E-state index contributed by atoms with van der Waals surface area (Å²) in [5.74, 6) is -0.562. The first-order valence-corrected chi connectivity index (χ1v) is 23.8. The Morgan fingerprint density at radius 1 is 0.481 bits per heavy atom. The molecule has 52 heavy (non-hydrogen) atoms. The number of ether oxygens (including phenoxy) is 2. The maximum absolute atomic E-state index is 13.0. The standard InChI is InChI=1S/C42H62N2O4S4/c1-3-5-7-9-11-13-15-17-19-21-23-25-29-47-41(45)33-27-31-49-35(33)37-43-39-40(51-37)44-38(52-39)36-34(28-32-50-36)42(46)48-30-26-24-22-20-18-16-14-12-10-8-6-4-2/h27-28,31-32H,3-26,29-30H2,1-2H3. The molecule has 0 aliphatic rings. The second kappa shape index (κ2) is 25.8. The van der Waals surface area contributed by atoms with Gasteiger partial charge in [0.15, 0.2) is 9.66 Å². The second-order valence-corrected chi connectivity index (χ2v) is 17.8. The smallest absolute Gasteiger partial charge is 0.339 e. The maximum Gasteiger partial charge on any atom is 0.339 e. The van der Waals surface area contributed by atoms with E-state index in [1.165, 1.54) is 174 Å². The van der Waals surface area contributed by atoms with Gasteiger partial charge in [0, 0.05) is 0 Å². The molecule has 6 nitrogen and oxygen atoms in total. The van der Waals surface area contributed by atoms with Gasteiger partial charge in [0.2, 0.25) is 0 Å². The van der Waals surface area contributed by atoms with Crippen LogP contribution in [0.25, 0.3) is 29.4 Å². The van der Waals surface area contributed by atoms with Crippen LogP contribution in [0.5, 0.6) is 0 Å². The van der Waals surface area contributed by atoms with Gasteiger partial charge in [0.1, 0.15) is 10.0 Å². The Bertz CT molecular complexity index is 1410. The highest BCUT2D eigenvalue weighted by atomic mass is 32.1. The number of esters is 2. The van der Waals surface area contributed by atoms with Crippen LogP contribution in [0, 0.1) is 0 Å². The van der Waals surface area contributed by atoms with E-state index in [4.69, 9.17) is 19.4 Å². The van der Waals surface area contributed by atoms with E-state index < -0.39 is 0 Å². The minimum absolute atomic E-state index is 0.281. The lowest BCUT2D eigenvalue weighted by molar-refractivity contribution is 0.0490. The Hall–Kier alpha value is -2.14. The van der Waals surface area contributed by atoms with Crippen LogP contribution in [0.4, 0.5) is 0 Å². The molecule has 0 unspecified atom stereocenters. The third kappa shape index (κ3) is 14.9. The van der Waals surface area contributed by atoms with Crippen LogP contribution in [0.3, 0.4) is 0 Å². The number of aromatic nitrogens is 2. The molecule has 0 N–H and O–H groups in total. The van der Waals surface area contributed by atoms with E-state index in [0.717, 1.165) is 55.1 Å². The zero-order valence-corrected chi connectivity index (χ0v) is 35.1. The van der Waals surface area contributed by atoms with Crippen molar-refractivity contribution in [2.24, 2.45) is 0 Å². The van der Waals surface area contributed by atoms with E-state index in [-0.39, 0.29) is 11.9 Å². The molecule has 4 aromatic heterocycles. The summed E-state index contributed by atoms with van der Waals surface area (Å²) in [6.07, 6.45) is 30.7. The number of fused-ring (bicyclic) bond motifs is 1. The minimum Gasteiger partial charge on any atom is -0.462 e. The predicted molar refractivity (Wildman–Crippen MR) is 225 cm³/mol. The lowest BCUT2D eigenvalue weighted by Crippen LogP contribution is -2.06. The number of nitrogens with zero attached hydrogens (tertiary/aromatic N) is 2. The van der Waals surface area contributed by atoms with Gasteiger partial charge < -0.3 is 9.47 Å². The Kier molecular flexibility index (Phi) is 21.1. The molecule has 0 aliphatic carbocycles. The number of thiazole rings is 2. The third-order valence-electron chi connectivity index (χ3n) is 9.60. The van der Waals surface area contributed by atoms with E-state index in [2.05, 4.69) is 13.8 Å². The molecule has 4 heterocycles. The van der Waals surface area contributed by atoms with E-state index >= 15 is 0 Å². The molecule has 0 amide bonds. The molecule has 0 saturated heterocycles. The van der Waals surface area contributed by atoms with Crippen LogP contribution >= 0.6 is 45.3 Å². The van der Waals surface area contributed by atoms with E-state index in [1.807, 2.05) is 22.9 Å². The molecule has 4 rings (SSSR count). The number of hydrogen-bond acceptors (Lipinski definition) is 10. The molecule has 288 valence electrons. The van der Waals surface area contributed by atoms with E-state index in [0.29, 0.717) is 24.3 Å². The number of unbranched alkanes of at least 4 members (excludes halogenated alkanes) is 22. The summed E-state index contributed by atoms with van der Waals surface area (Å²) in [6.45, 7) is 5.44. The van der Waals surface area contributed by atoms with Gasteiger partial charge in [-0.1, -0.05) is 178 Å². The lowest BCUT2D eigenvalue weighted by Gasteiger charge is -2.06. The van der Waals surface area contributed by atoms with E-state index in [1.54, 1.807) is 0 Å². The van der Waals surface area contributed by atoms with Gasteiger partial charge in [0.25, 0.3) is 0 Å². The summed E-state index contributed by atoms with van der Waals surface area (Å²) in [6, 6.07) is 3.67. The Morgan fingerprint density at radius 3 is 1.12 bits per heavy atom. The fraction of sp³-hybridized carbons (Fsp3) is 0.667. The zero-order valence-electron chi connectivity index (χ0n) is 31.9. The SMILES string of the molecule is CCCCCCCCCCCCCCOC(=O)c1ccsc1-c1nc2sc(-c3sccc3C(=O)OCCCCCCCCCCCCCC)nc2s1. The van der Waals surface area contributed by atoms with Crippen LogP contribution in [-0.4, -0.2) is 35.1 Å². The van der Waals surface area contributed by atoms with Crippen molar-refractivity contribution in [3.05, 3.63) is 34.0 Å². The fourth-order valence-corrected chi connectivity index (χ4v) is 10.5. The third-order valence-corrected chi connectivity index (χ3v) is 13.8. The molecule has 0 atom stereocenters. The normalized spacial score (nSPS) is 11.5. The summed E-state index contributed by atoms with van der Waals surface area (Å²) in [5.41, 5.74) is 1.14. The monoisotopic (exact) mass is 786 g/mol. The summed E-state index contributed by atoms with van der Waals surface area (Å²) in [7, 11) is 0. The summed E-state index contributed by atoms with van der Waals surface area (Å²) >= 11 is 5.96. The highest BCUT2D eigenvalue weighted by Crippen LogP contribution is 2.41. The van der Waals surface area contributed by atoms with Crippen LogP contribution in [0.15, 0.2) is 22.9 Å². The molecule has 0 saturated carbocycles. The second-order valence-electron chi connectivity index (χ2n) is 14.0. The molecule has 0 bridgehead atoms. The quantitative estimate of drug-likeness (QED) is 0.0387. The topological polar surface area (TPSA) is 78.4 Å². The number of hydrogen-bond donors (Lipinski definition) is 0. The predicted octanol–water partition coefficient (Wildman–Crippen LogP) is 14.9. The summed E-state index contributed by atoms with van der Waals surface area (Å²) in [4.78, 5) is 38.9. The van der Waals surface area contributed by atoms with Crippen molar-refractivity contribution < 1.29 is 19.1 Å². The number of rotatable bonds is 30. The van der Waals surface area contributed by atoms with Crippen molar-refractivity contribution in [2.75, 3.05) is 13.2 Å². The first kappa shape index (κ1) is 42.6. The minimum atomic E-state index is -0.281. The van der Waals surface area contributed by atoms with Crippen molar-refractivity contribution in [3.63, 3.8) is 0 Å². The molecule has 0 aromatic carbocycles. The number of thiophene rings is 2. The molecular formula is C42H62N2O4S4. The van der Waals surface area contributed by atoms with Crippen molar-refractivity contribution in [3.8, 4) is 19.8 Å². The molecule has 0 aliphatic heterocycles. The van der Waals surface area contributed by atoms with Gasteiger partial charge in [-0.3, -0.25) is 0 Å². The highest BCUT2D eigenvalue weighted by molar-refractivity contribution is 7.31. The van der Waals surface area contributed by atoms with Crippen LogP contribution < -0.4 is 0 Å². The highest BCUT2D eigenvalue weighted by Gasteiger charge is 2.23. The first-order chi connectivity index (χ1) is 25.6. The van der Waals surface area contributed by atoms with Gasteiger partial charge in [-0.25, -0.2) is 19.6 Å². The Balaban J connectivity index is 1.14. The lowest BCUT2D eigenvalue weighted by atomic mass is 10.1. The van der Waals surface area contributed by atoms with Crippen molar-refractivity contribution >= 4 is 66.9 Å². The molecular weight excluding hydrogens is 725 g/mol. The Labute approximate surface area is 329 Å². The van der Waals surface area contributed by atoms with Crippen molar-refractivity contribution in [1.82, 2.24) is 9.97 Å². The van der Waals surface area contributed by atoms with Crippen molar-refractivity contribution in [1.29, 1.82) is 0 Å². The van der Waals surface area contributed by atoms with Gasteiger partial charge in [0.05, 0.1) is 34.1 Å². The summed E-state index contributed by atoms with van der Waals surface area (Å²) < 4.78 is 11.3. The van der Waals surface area contributed by atoms with Gasteiger partial charge in [-0.2, -0.15) is 0 Å². The molecule has 0 spiro atoms.